The number of amides is 1. The van der Waals surface area contributed by atoms with Gasteiger partial charge in [0, 0.05) is 10.9 Å². The van der Waals surface area contributed by atoms with E-state index in [2.05, 4.69) is 28.2 Å². The maximum atomic E-state index is 11.9. The molecule has 0 aliphatic rings. The first-order chi connectivity index (χ1) is 8.58. The van der Waals surface area contributed by atoms with E-state index in [9.17, 15) is 4.79 Å². The monoisotopic (exact) mass is 312 g/mol. The molecule has 0 heterocycles. The molecule has 1 unspecified atom stereocenters. The molecule has 1 aromatic carbocycles. The summed E-state index contributed by atoms with van der Waals surface area (Å²) >= 11 is 3.49. The zero-order chi connectivity index (χ0) is 13.5. The summed E-state index contributed by atoms with van der Waals surface area (Å²) in [7, 11) is 0. The fourth-order valence-electron chi connectivity index (χ4n) is 1.86. The topological polar surface area (TPSA) is 55.1 Å². The molecule has 0 bridgehead atoms. The van der Waals surface area contributed by atoms with E-state index in [-0.39, 0.29) is 17.9 Å². The molecule has 0 spiro atoms. The van der Waals surface area contributed by atoms with Crippen molar-refractivity contribution in [1.82, 2.24) is 5.32 Å². The highest BCUT2D eigenvalue weighted by atomic mass is 79.9. The van der Waals surface area contributed by atoms with Crippen molar-refractivity contribution in [2.75, 3.05) is 6.54 Å². The van der Waals surface area contributed by atoms with Gasteiger partial charge in [0.25, 0.3) is 0 Å². The molecule has 1 amide bonds. The van der Waals surface area contributed by atoms with Crippen molar-refractivity contribution >= 4 is 21.8 Å². The third-order valence-electron chi connectivity index (χ3n) is 3.13. The second kappa shape index (κ2) is 7.54. The Kier molecular flexibility index (Phi) is 6.36. The van der Waals surface area contributed by atoms with Crippen LogP contribution in [-0.2, 0) is 4.79 Å². The van der Waals surface area contributed by atoms with E-state index >= 15 is 0 Å². The first-order valence-corrected chi connectivity index (χ1v) is 7.11. The van der Waals surface area contributed by atoms with Crippen molar-refractivity contribution in [3.8, 4) is 0 Å². The van der Waals surface area contributed by atoms with Crippen molar-refractivity contribution in [3.63, 3.8) is 0 Å². The van der Waals surface area contributed by atoms with Gasteiger partial charge < -0.3 is 11.1 Å². The molecule has 2 atom stereocenters. The number of nitrogens with two attached hydrogens (primary N) is 1. The number of benzene rings is 1. The molecule has 1 rings (SSSR count). The van der Waals surface area contributed by atoms with Crippen LogP contribution in [0.2, 0.25) is 0 Å². The van der Waals surface area contributed by atoms with Gasteiger partial charge in [0.15, 0.2) is 0 Å². The van der Waals surface area contributed by atoms with E-state index in [4.69, 9.17) is 5.73 Å². The smallest absolute Gasteiger partial charge is 0.220 e. The lowest BCUT2D eigenvalue weighted by Crippen LogP contribution is -2.30. The standard InChI is InChI=1S/C14H21BrN2O/c1-3-11(9-16)8-14(18)17-10(2)12-6-4-5-7-13(12)15/h4-7,10-11H,3,8-9,16H2,1-2H3,(H,17,18)/t10-,11?/m1/s1. The average Bonchev–Trinajstić information content (AvgIpc) is 2.36. The summed E-state index contributed by atoms with van der Waals surface area (Å²) in [6.45, 7) is 4.61. The van der Waals surface area contributed by atoms with Crippen molar-refractivity contribution in [1.29, 1.82) is 0 Å². The Morgan fingerprint density at radius 3 is 2.67 bits per heavy atom. The Morgan fingerprint density at radius 2 is 2.11 bits per heavy atom. The normalized spacial score (nSPS) is 14.0. The van der Waals surface area contributed by atoms with E-state index in [1.807, 2.05) is 31.2 Å². The van der Waals surface area contributed by atoms with Crippen molar-refractivity contribution in [2.24, 2.45) is 11.7 Å². The molecule has 3 N–H and O–H groups in total. The molecule has 0 aromatic heterocycles. The van der Waals surface area contributed by atoms with Crippen molar-refractivity contribution in [2.45, 2.75) is 32.7 Å². The van der Waals surface area contributed by atoms with E-state index in [0.29, 0.717) is 13.0 Å². The quantitative estimate of drug-likeness (QED) is 0.848. The van der Waals surface area contributed by atoms with Crippen LogP contribution in [0.25, 0.3) is 0 Å². The molecule has 3 nitrogen and oxygen atoms in total. The largest absolute Gasteiger partial charge is 0.350 e. The maximum Gasteiger partial charge on any atom is 0.220 e. The summed E-state index contributed by atoms with van der Waals surface area (Å²) in [5.74, 6) is 0.340. The van der Waals surface area contributed by atoms with Gasteiger partial charge in [-0.2, -0.15) is 0 Å². The molecule has 0 aliphatic heterocycles. The number of nitrogens with one attached hydrogen (secondary N) is 1. The second-order valence-electron chi connectivity index (χ2n) is 4.52. The van der Waals surface area contributed by atoms with Crippen LogP contribution in [0.5, 0.6) is 0 Å². The Hall–Kier alpha value is -0.870. The van der Waals surface area contributed by atoms with E-state index in [1.165, 1.54) is 0 Å². The number of rotatable bonds is 6. The number of carbonyl (C=O) groups is 1. The summed E-state index contributed by atoms with van der Waals surface area (Å²) in [4.78, 5) is 11.9. The number of halogens is 1. The van der Waals surface area contributed by atoms with Gasteiger partial charge in [0.1, 0.15) is 0 Å². The fraction of sp³-hybridized carbons (Fsp3) is 0.500. The first kappa shape index (κ1) is 15.2. The van der Waals surface area contributed by atoms with Crippen LogP contribution in [0.4, 0.5) is 0 Å². The molecule has 0 saturated heterocycles. The summed E-state index contributed by atoms with van der Waals surface area (Å²) in [5.41, 5.74) is 6.70. The Bertz CT molecular complexity index is 391. The highest BCUT2D eigenvalue weighted by Crippen LogP contribution is 2.22. The van der Waals surface area contributed by atoms with Gasteiger partial charge in [-0.1, -0.05) is 47.5 Å². The molecule has 0 fully saturated rings. The predicted molar refractivity (Wildman–Crippen MR) is 78.2 cm³/mol. The molecule has 0 saturated carbocycles. The minimum absolute atomic E-state index is 0.00311. The summed E-state index contributed by atoms with van der Waals surface area (Å²) < 4.78 is 1.02. The van der Waals surface area contributed by atoms with Crippen LogP contribution in [0.3, 0.4) is 0 Å². The minimum atomic E-state index is 0.00311. The Labute approximate surface area is 117 Å². The van der Waals surface area contributed by atoms with Gasteiger partial charge in [-0.25, -0.2) is 0 Å². The summed E-state index contributed by atoms with van der Waals surface area (Å²) in [6.07, 6.45) is 1.44. The zero-order valence-corrected chi connectivity index (χ0v) is 12.5. The van der Waals surface area contributed by atoms with Crippen LogP contribution in [0.1, 0.15) is 38.3 Å². The molecule has 0 aliphatic carbocycles. The second-order valence-corrected chi connectivity index (χ2v) is 5.38. The lowest BCUT2D eigenvalue weighted by Gasteiger charge is -2.18. The van der Waals surface area contributed by atoms with Crippen LogP contribution < -0.4 is 11.1 Å². The molecule has 0 radical (unpaired) electrons. The lowest BCUT2D eigenvalue weighted by molar-refractivity contribution is -0.122. The van der Waals surface area contributed by atoms with Gasteiger partial charge in [0.05, 0.1) is 6.04 Å². The number of hydrogen-bond acceptors (Lipinski definition) is 2. The molecular formula is C14H21BrN2O. The SMILES string of the molecule is CCC(CN)CC(=O)N[C@H](C)c1ccccc1Br. The molecule has 1 aromatic rings. The van der Waals surface area contributed by atoms with E-state index < -0.39 is 0 Å². The molecular weight excluding hydrogens is 292 g/mol. The third-order valence-corrected chi connectivity index (χ3v) is 3.86. The van der Waals surface area contributed by atoms with Crippen molar-refractivity contribution < 1.29 is 4.79 Å². The maximum absolute atomic E-state index is 11.9. The van der Waals surface area contributed by atoms with E-state index in [1.54, 1.807) is 0 Å². The fourth-order valence-corrected chi connectivity index (χ4v) is 2.49. The van der Waals surface area contributed by atoms with Crippen LogP contribution in [0, 0.1) is 5.92 Å². The molecule has 100 valence electrons. The van der Waals surface area contributed by atoms with Crippen LogP contribution in [0.15, 0.2) is 28.7 Å². The van der Waals surface area contributed by atoms with E-state index in [0.717, 1.165) is 16.5 Å². The Morgan fingerprint density at radius 1 is 1.44 bits per heavy atom. The lowest BCUT2D eigenvalue weighted by atomic mass is 10.0. The summed E-state index contributed by atoms with van der Waals surface area (Å²) in [6, 6.07) is 7.92. The van der Waals surface area contributed by atoms with Gasteiger partial charge in [-0.3, -0.25) is 4.79 Å². The van der Waals surface area contributed by atoms with Crippen molar-refractivity contribution in [3.05, 3.63) is 34.3 Å². The highest BCUT2D eigenvalue weighted by molar-refractivity contribution is 9.10. The Balaban J connectivity index is 2.57. The highest BCUT2D eigenvalue weighted by Gasteiger charge is 2.14. The van der Waals surface area contributed by atoms with Gasteiger partial charge in [0.2, 0.25) is 5.91 Å². The summed E-state index contributed by atoms with van der Waals surface area (Å²) in [5, 5.41) is 3.01. The molecule has 4 heteroatoms. The number of hydrogen-bond donors (Lipinski definition) is 2. The number of carbonyl (C=O) groups excluding carboxylic acids is 1. The minimum Gasteiger partial charge on any atom is -0.350 e. The predicted octanol–water partition coefficient (Wildman–Crippen LogP) is 3.00. The van der Waals surface area contributed by atoms with Crippen LogP contribution >= 0.6 is 15.9 Å². The average molecular weight is 313 g/mol. The molecule has 18 heavy (non-hydrogen) atoms. The van der Waals surface area contributed by atoms with Gasteiger partial charge in [-0.15, -0.1) is 0 Å². The van der Waals surface area contributed by atoms with Gasteiger partial charge in [-0.05, 0) is 31.0 Å². The third kappa shape index (κ3) is 4.42. The zero-order valence-electron chi connectivity index (χ0n) is 10.9. The first-order valence-electron chi connectivity index (χ1n) is 6.32. The van der Waals surface area contributed by atoms with Gasteiger partial charge >= 0.3 is 0 Å². The van der Waals surface area contributed by atoms with Crippen LogP contribution in [-0.4, -0.2) is 12.5 Å².